The summed E-state index contributed by atoms with van der Waals surface area (Å²) < 4.78 is 5.44. The van der Waals surface area contributed by atoms with E-state index >= 15 is 0 Å². The maximum Gasteiger partial charge on any atom is 0.412 e. The fraction of sp³-hybridized carbons (Fsp3) is 0.310. The Morgan fingerprint density at radius 2 is 1.59 bits per heavy atom. The van der Waals surface area contributed by atoms with E-state index in [2.05, 4.69) is 27.5 Å². The van der Waals surface area contributed by atoms with E-state index in [1.54, 1.807) is 12.1 Å². The number of rotatable bonds is 7. The van der Waals surface area contributed by atoms with Crippen molar-refractivity contribution in [1.82, 2.24) is 4.90 Å². The van der Waals surface area contributed by atoms with E-state index in [1.807, 2.05) is 60.7 Å². The molecule has 4 N–H and O–H groups in total. The molecular weight excluding hydrogens is 537 g/mol. The second kappa shape index (κ2) is 13.7. The third-order valence-corrected chi connectivity index (χ3v) is 6.99. The molecule has 0 spiro atoms. The molecule has 1 saturated carbocycles. The second-order valence-electron chi connectivity index (χ2n) is 9.79. The molecule has 1 heterocycles. The highest BCUT2D eigenvalue weighted by molar-refractivity contribution is 6.06. The van der Waals surface area contributed by atoms with Crippen molar-refractivity contribution in [2.24, 2.45) is 5.73 Å². The second-order valence-corrected chi connectivity index (χ2v) is 9.79. The predicted molar refractivity (Wildman–Crippen MR) is 161 cm³/mol. The quantitative estimate of drug-likeness (QED) is 0.365. The van der Waals surface area contributed by atoms with Gasteiger partial charge in [-0.3, -0.25) is 10.1 Å². The summed E-state index contributed by atoms with van der Waals surface area (Å²) in [5.41, 5.74) is 10.6. The third kappa shape index (κ3) is 7.86. The van der Waals surface area contributed by atoms with Crippen LogP contribution >= 0.6 is 24.8 Å². The Bertz CT molecular complexity index is 1250. The molecule has 0 unspecified atom stereocenters. The van der Waals surface area contributed by atoms with E-state index < -0.39 is 6.09 Å². The molecule has 0 aromatic heterocycles. The van der Waals surface area contributed by atoms with Crippen LogP contribution in [0.4, 0.5) is 21.9 Å². The number of carbonyl (C=O) groups excluding carboxylic acids is 2. The first-order valence-electron chi connectivity index (χ1n) is 12.7. The minimum Gasteiger partial charge on any atom is -0.444 e. The summed E-state index contributed by atoms with van der Waals surface area (Å²) in [6, 6.07) is 23.0. The van der Waals surface area contributed by atoms with Gasteiger partial charge < -0.3 is 25.6 Å². The number of ether oxygens (including phenoxy) is 1. The summed E-state index contributed by atoms with van der Waals surface area (Å²) in [4.78, 5) is 30.3. The van der Waals surface area contributed by atoms with Gasteiger partial charge in [0.15, 0.2) is 0 Å². The van der Waals surface area contributed by atoms with Gasteiger partial charge >= 0.3 is 6.09 Å². The summed E-state index contributed by atoms with van der Waals surface area (Å²) >= 11 is 0. The fourth-order valence-electron chi connectivity index (χ4n) is 4.58. The number of nitrogens with zero attached hydrogens (tertiary/aromatic N) is 2. The molecule has 5 rings (SSSR count). The van der Waals surface area contributed by atoms with Crippen molar-refractivity contribution >= 4 is 53.9 Å². The molecule has 39 heavy (non-hydrogen) atoms. The molecule has 3 aromatic rings. The van der Waals surface area contributed by atoms with Crippen LogP contribution in [0.1, 0.15) is 33.8 Å². The Labute approximate surface area is 241 Å². The smallest absolute Gasteiger partial charge is 0.412 e. The maximum absolute atomic E-state index is 13.1. The first kappa shape index (κ1) is 30.2. The summed E-state index contributed by atoms with van der Waals surface area (Å²) in [7, 11) is 2.09. The predicted octanol–water partition coefficient (Wildman–Crippen LogP) is 5.10. The van der Waals surface area contributed by atoms with Crippen LogP contribution in [0, 0.1) is 0 Å². The third-order valence-electron chi connectivity index (χ3n) is 6.99. The van der Waals surface area contributed by atoms with Gasteiger partial charge in [-0.2, -0.15) is 0 Å². The number of hydrogen-bond donors (Lipinski definition) is 3. The number of hydrogen-bond acceptors (Lipinski definition) is 6. The fourth-order valence-corrected chi connectivity index (χ4v) is 4.58. The molecule has 0 radical (unpaired) electrons. The number of nitrogens with one attached hydrogen (secondary N) is 2. The zero-order valence-electron chi connectivity index (χ0n) is 21.8. The van der Waals surface area contributed by atoms with Gasteiger partial charge in [0.25, 0.3) is 5.91 Å². The number of piperazine rings is 1. The number of amides is 2. The molecule has 1 aliphatic carbocycles. The molecule has 2 fully saturated rings. The zero-order chi connectivity index (χ0) is 25.8. The molecule has 3 aromatic carbocycles. The number of anilines is 3. The molecule has 2 amide bonds. The van der Waals surface area contributed by atoms with Crippen LogP contribution in [0.25, 0.3) is 0 Å². The lowest BCUT2D eigenvalue weighted by molar-refractivity contribution is 0.102. The number of carbonyl (C=O) groups is 2. The van der Waals surface area contributed by atoms with E-state index in [-0.39, 0.29) is 43.4 Å². The number of likely N-dealkylation sites (N-methyl/N-ethyl adjacent to an activating group) is 1. The maximum atomic E-state index is 13.1. The van der Waals surface area contributed by atoms with E-state index in [1.165, 1.54) is 5.56 Å². The minimum atomic E-state index is -0.564. The van der Waals surface area contributed by atoms with Crippen molar-refractivity contribution in [2.75, 3.05) is 48.8 Å². The van der Waals surface area contributed by atoms with Gasteiger partial charge in [0.1, 0.15) is 6.61 Å². The summed E-state index contributed by atoms with van der Waals surface area (Å²) in [6.07, 6.45) is 0.445. The van der Waals surface area contributed by atoms with Gasteiger partial charge in [-0.05, 0) is 54.9 Å². The molecule has 2 atom stereocenters. The van der Waals surface area contributed by atoms with Gasteiger partial charge in [-0.15, -0.1) is 24.8 Å². The molecular formula is C29H35Cl2N5O3. The molecule has 8 nitrogen and oxygen atoms in total. The lowest BCUT2D eigenvalue weighted by Crippen LogP contribution is -2.44. The van der Waals surface area contributed by atoms with E-state index in [0.717, 1.165) is 43.9 Å². The highest BCUT2D eigenvalue weighted by Crippen LogP contribution is 2.39. The first-order chi connectivity index (χ1) is 18.0. The van der Waals surface area contributed by atoms with Crippen molar-refractivity contribution in [3.05, 3.63) is 89.5 Å². The van der Waals surface area contributed by atoms with Crippen molar-refractivity contribution in [2.45, 2.75) is 25.0 Å². The van der Waals surface area contributed by atoms with Crippen molar-refractivity contribution in [1.29, 1.82) is 0 Å². The highest BCUT2D eigenvalue weighted by atomic mass is 35.5. The summed E-state index contributed by atoms with van der Waals surface area (Å²) in [6.45, 7) is 3.65. The van der Waals surface area contributed by atoms with E-state index in [0.29, 0.717) is 22.9 Å². The molecule has 1 saturated heterocycles. The van der Waals surface area contributed by atoms with E-state index in [9.17, 15) is 9.59 Å². The minimum absolute atomic E-state index is 0. The first-order valence-corrected chi connectivity index (χ1v) is 12.7. The lowest BCUT2D eigenvalue weighted by atomic mass is 10.1. The number of nitrogens with two attached hydrogens (primary N) is 1. The van der Waals surface area contributed by atoms with Crippen LogP contribution in [0.3, 0.4) is 0 Å². The lowest BCUT2D eigenvalue weighted by Gasteiger charge is -2.35. The van der Waals surface area contributed by atoms with Crippen LogP contribution in [-0.2, 0) is 11.3 Å². The zero-order valence-corrected chi connectivity index (χ0v) is 23.5. The monoisotopic (exact) mass is 571 g/mol. The molecule has 10 heteroatoms. The SMILES string of the molecule is CN1CCN(c2ccc(C(=O)Nc3ccc([C@@H]4C[C@H]4N)cc3)cc2NC(=O)OCc2ccccc2)CC1.Cl.Cl. The van der Waals surface area contributed by atoms with E-state index in [4.69, 9.17) is 10.5 Å². The normalized spacial score (nSPS) is 18.3. The van der Waals surface area contributed by atoms with Crippen LogP contribution in [-0.4, -0.2) is 56.2 Å². The molecule has 1 aliphatic heterocycles. The summed E-state index contributed by atoms with van der Waals surface area (Å²) in [5, 5.41) is 5.82. The Morgan fingerprint density at radius 1 is 0.923 bits per heavy atom. The average Bonchev–Trinajstić information content (AvgIpc) is 3.65. The van der Waals surface area contributed by atoms with Crippen molar-refractivity contribution in [3.63, 3.8) is 0 Å². The van der Waals surface area contributed by atoms with Crippen molar-refractivity contribution < 1.29 is 14.3 Å². The van der Waals surface area contributed by atoms with Crippen LogP contribution in [0.2, 0.25) is 0 Å². The molecule has 0 bridgehead atoms. The Balaban J connectivity index is 0.00000210. The Hall–Kier alpha value is -3.30. The number of benzene rings is 3. The highest BCUT2D eigenvalue weighted by Gasteiger charge is 2.34. The van der Waals surface area contributed by atoms with Gasteiger partial charge in [-0.1, -0.05) is 42.5 Å². The Kier molecular flexibility index (Phi) is 10.6. The van der Waals surface area contributed by atoms with Gasteiger partial charge in [0, 0.05) is 49.4 Å². The number of halogens is 2. The standard InChI is InChI=1S/C29H33N5O3.2ClH/c1-33-13-15-34(16-14-33)27-12-9-22(17-26(27)32-29(36)37-19-20-5-3-2-4-6-20)28(35)31-23-10-7-21(8-11-23)24-18-25(24)30;;/h2-12,17,24-25H,13-16,18-19,30H2,1H3,(H,31,35)(H,32,36);2*1H/t24-,25+;;/m0../s1. The topological polar surface area (TPSA) is 99.9 Å². The molecule has 2 aliphatic rings. The van der Waals surface area contributed by atoms with Crippen LogP contribution < -0.4 is 21.3 Å². The summed E-state index contributed by atoms with van der Waals surface area (Å²) in [5.74, 6) is 0.170. The largest absolute Gasteiger partial charge is 0.444 e. The van der Waals surface area contributed by atoms with Gasteiger partial charge in [-0.25, -0.2) is 4.79 Å². The Morgan fingerprint density at radius 3 is 2.23 bits per heavy atom. The van der Waals surface area contributed by atoms with Crippen molar-refractivity contribution in [3.8, 4) is 0 Å². The van der Waals surface area contributed by atoms with Gasteiger partial charge in [0.2, 0.25) is 0 Å². The van der Waals surface area contributed by atoms with Crippen LogP contribution in [0.5, 0.6) is 0 Å². The van der Waals surface area contributed by atoms with Gasteiger partial charge in [0.05, 0.1) is 11.4 Å². The molecule has 208 valence electrons. The average molecular weight is 573 g/mol. The van der Waals surface area contributed by atoms with Crippen LogP contribution in [0.15, 0.2) is 72.8 Å².